The van der Waals surface area contributed by atoms with Gasteiger partial charge in [-0.05, 0) is 109 Å². The van der Waals surface area contributed by atoms with Crippen LogP contribution in [0, 0.1) is 50.2 Å². The van der Waals surface area contributed by atoms with E-state index in [1.54, 1.807) is 0 Å². The van der Waals surface area contributed by atoms with Gasteiger partial charge in [-0.3, -0.25) is 4.79 Å². The lowest BCUT2D eigenvalue weighted by molar-refractivity contribution is -0.205. The minimum atomic E-state index is -0.553. The van der Waals surface area contributed by atoms with E-state index >= 15 is 0 Å². The summed E-state index contributed by atoms with van der Waals surface area (Å²) in [6, 6.07) is 0. The van der Waals surface area contributed by atoms with Crippen LogP contribution in [0.4, 0.5) is 0 Å². The Morgan fingerprint density at radius 2 is 1.53 bits per heavy atom. The molecule has 0 aromatic carbocycles. The molecule has 0 aromatic rings. The lowest BCUT2D eigenvalue weighted by Crippen LogP contribution is -2.65. The van der Waals surface area contributed by atoms with Gasteiger partial charge in [0.2, 0.25) is 0 Å². The van der Waals surface area contributed by atoms with Crippen LogP contribution in [0.15, 0.2) is 11.6 Å². The Labute approximate surface area is 207 Å². The van der Waals surface area contributed by atoms with Crippen molar-refractivity contribution in [3.05, 3.63) is 11.6 Å². The standard InChI is InChI=1S/C30H48O3.H2O/c1-25(2)14-16-30(24(32)33)17-15-28(6)19(20(30)18-25)8-9-22-27(5)12-11-23(31)26(3,4)21(27)10-13-29(22,28)7;/h8,20-23,31H,9-18H2,1-7H3,(H,32,33);1H2/t20-,21-,22+,23-,27-,28+,29+,30-;/m0./s1. The first-order valence-electron chi connectivity index (χ1n) is 13.8. The summed E-state index contributed by atoms with van der Waals surface area (Å²) in [5.41, 5.74) is 1.68. The fourth-order valence-electron chi connectivity index (χ4n) is 10.6. The number of fused-ring (bicyclic) bond motifs is 7. The van der Waals surface area contributed by atoms with E-state index in [2.05, 4.69) is 54.5 Å². The third-order valence-electron chi connectivity index (χ3n) is 13.0. The predicted molar refractivity (Wildman–Crippen MR) is 136 cm³/mol. The van der Waals surface area contributed by atoms with E-state index < -0.39 is 11.4 Å². The number of rotatable bonds is 1. The summed E-state index contributed by atoms with van der Waals surface area (Å²) < 4.78 is 0. The number of aliphatic carboxylic acids is 1. The van der Waals surface area contributed by atoms with Gasteiger partial charge in [-0.1, -0.05) is 60.1 Å². The summed E-state index contributed by atoms with van der Waals surface area (Å²) in [7, 11) is 0. The largest absolute Gasteiger partial charge is 0.481 e. The highest BCUT2D eigenvalue weighted by atomic mass is 16.4. The summed E-state index contributed by atoms with van der Waals surface area (Å²) >= 11 is 0. The molecule has 0 saturated heterocycles. The maximum atomic E-state index is 12.8. The summed E-state index contributed by atoms with van der Waals surface area (Å²) in [6.07, 6.45) is 12.6. The molecule has 4 N–H and O–H groups in total. The highest BCUT2D eigenvalue weighted by molar-refractivity contribution is 5.76. The van der Waals surface area contributed by atoms with Crippen molar-refractivity contribution in [2.75, 3.05) is 0 Å². The van der Waals surface area contributed by atoms with Crippen LogP contribution < -0.4 is 0 Å². The maximum Gasteiger partial charge on any atom is 0.310 e. The molecule has 34 heavy (non-hydrogen) atoms. The molecule has 0 spiro atoms. The number of aliphatic hydroxyl groups excluding tert-OH is 1. The van der Waals surface area contributed by atoms with Crippen molar-refractivity contribution >= 4 is 5.97 Å². The maximum absolute atomic E-state index is 12.8. The van der Waals surface area contributed by atoms with Gasteiger partial charge in [-0.25, -0.2) is 0 Å². The Hall–Kier alpha value is -0.870. The number of allylic oxidation sites excluding steroid dienone is 2. The van der Waals surface area contributed by atoms with Gasteiger partial charge >= 0.3 is 5.97 Å². The topological polar surface area (TPSA) is 89.0 Å². The molecule has 8 atom stereocenters. The highest BCUT2D eigenvalue weighted by Crippen LogP contribution is 2.75. The smallest absolute Gasteiger partial charge is 0.310 e. The van der Waals surface area contributed by atoms with Crippen LogP contribution in [0.5, 0.6) is 0 Å². The van der Waals surface area contributed by atoms with Crippen LogP contribution in [0.25, 0.3) is 0 Å². The van der Waals surface area contributed by atoms with Crippen LogP contribution in [0.1, 0.15) is 113 Å². The van der Waals surface area contributed by atoms with E-state index in [1.165, 1.54) is 18.4 Å². The number of hydrogen-bond donors (Lipinski definition) is 2. The molecule has 0 unspecified atom stereocenters. The fourth-order valence-corrected chi connectivity index (χ4v) is 10.6. The Balaban J connectivity index is 0.00000274. The second-order valence-corrected chi connectivity index (χ2v) is 15.1. The highest BCUT2D eigenvalue weighted by Gasteiger charge is 2.69. The molecule has 5 aliphatic carbocycles. The molecule has 4 nitrogen and oxygen atoms in total. The van der Waals surface area contributed by atoms with Gasteiger partial charge < -0.3 is 15.7 Å². The molecule has 5 aliphatic rings. The molecule has 0 amide bonds. The molecule has 5 rings (SSSR count). The van der Waals surface area contributed by atoms with Crippen molar-refractivity contribution in [1.29, 1.82) is 0 Å². The van der Waals surface area contributed by atoms with Gasteiger partial charge in [0.1, 0.15) is 0 Å². The molecule has 4 saturated carbocycles. The minimum absolute atomic E-state index is 0. The monoisotopic (exact) mass is 474 g/mol. The molecule has 0 heterocycles. The van der Waals surface area contributed by atoms with Crippen molar-refractivity contribution < 1.29 is 20.5 Å². The van der Waals surface area contributed by atoms with Crippen LogP contribution >= 0.6 is 0 Å². The van der Waals surface area contributed by atoms with Crippen molar-refractivity contribution in [3.63, 3.8) is 0 Å². The Bertz CT molecular complexity index is 888. The molecule has 0 radical (unpaired) electrons. The number of aliphatic hydroxyl groups is 1. The number of carboxylic acid groups (broad SMARTS) is 1. The molecule has 0 aromatic heterocycles. The van der Waals surface area contributed by atoms with Gasteiger partial charge in [-0.15, -0.1) is 0 Å². The van der Waals surface area contributed by atoms with Crippen LogP contribution in [0.2, 0.25) is 0 Å². The fraction of sp³-hybridized carbons (Fsp3) is 0.900. The predicted octanol–water partition coefficient (Wildman–Crippen LogP) is 6.41. The zero-order chi connectivity index (χ0) is 24.2. The zero-order valence-electron chi connectivity index (χ0n) is 22.8. The van der Waals surface area contributed by atoms with Crippen molar-refractivity contribution in [3.8, 4) is 0 Å². The molecule has 4 fully saturated rings. The van der Waals surface area contributed by atoms with Crippen LogP contribution in [-0.2, 0) is 4.79 Å². The van der Waals surface area contributed by atoms with Gasteiger partial charge in [0.15, 0.2) is 0 Å². The number of carbonyl (C=O) groups is 1. The third-order valence-corrected chi connectivity index (χ3v) is 13.0. The Kier molecular flexibility index (Phi) is 5.83. The van der Waals surface area contributed by atoms with Crippen molar-refractivity contribution in [1.82, 2.24) is 0 Å². The van der Waals surface area contributed by atoms with E-state index in [-0.39, 0.29) is 44.6 Å². The normalized spacial score (nSPS) is 50.9. The first kappa shape index (κ1) is 26.2. The number of carboxylic acids is 1. The van der Waals surface area contributed by atoms with Crippen molar-refractivity contribution in [2.24, 2.45) is 50.2 Å². The van der Waals surface area contributed by atoms with Crippen LogP contribution in [0.3, 0.4) is 0 Å². The molecule has 0 bridgehead atoms. The Morgan fingerprint density at radius 3 is 2.18 bits per heavy atom. The van der Waals surface area contributed by atoms with Crippen molar-refractivity contribution in [2.45, 2.75) is 119 Å². The molecule has 0 aliphatic heterocycles. The van der Waals surface area contributed by atoms with E-state index in [0.717, 1.165) is 51.4 Å². The van der Waals surface area contributed by atoms with E-state index in [9.17, 15) is 15.0 Å². The third kappa shape index (κ3) is 3.06. The molecular weight excluding hydrogens is 424 g/mol. The van der Waals surface area contributed by atoms with Gasteiger partial charge in [0.25, 0.3) is 0 Å². The SMILES string of the molecule is CC1(C)CC[C@]2(C(=O)O)CC[C@]3(C)C(=CC[C@@H]4[C@@]5(C)CC[C@H](O)C(C)(C)[C@@H]5CC[C@]43C)[C@@H]2C1.O. The summed E-state index contributed by atoms with van der Waals surface area (Å²) in [5.74, 6) is 0.807. The summed E-state index contributed by atoms with van der Waals surface area (Å²) in [6.45, 7) is 16.9. The van der Waals surface area contributed by atoms with Gasteiger partial charge in [0.05, 0.1) is 11.5 Å². The Morgan fingerprint density at radius 1 is 0.882 bits per heavy atom. The number of hydrogen-bond acceptors (Lipinski definition) is 2. The molecule has 194 valence electrons. The van der Waals surface area contributed by atoms with Gasteiger partial charge in [-0.2, -0.15) is 0 Å². The molecule has 4 heteroatoms. The summed E-state index contributed by atoms with van der Waals surface area (Å²) in [4.78, 5) is 12.8. The second kappa shape index (κ2) is 7.57. The lowest BCUT2D eigenvalue weighted by Gasteiger charge is -2.71. The van der Waals surface area contributed by atoms with Gasteiger partial charge in [0, 0.05) is 0 Å². The zero-order valence-corrected chi connectivity index (χ0v) is 22.8. The lowest BCUT2D eigenvalue weighted by atomic mass is 9.33. The van der Waals surface area contributed by atoms with Crippen LogP contribution in [-0.4, -0.2) is 27.8 Å². The first-order chi connectivity index (χ1) is 15.1. The second-order valence-electron chi connectivity index (χ2n) is 15.1. The van der Waals surface area contributed by atoms with E-state index in [0.29, 0.717) is 11.8 Å². The average molecular weight is 475 g/mol. The minimum Gasteiger partial charge on any atom is -0.481 e. The van der Waals surface area contributed by atoms with E-state index in [1.807, 2.05) is 0 Å². The average Bonchev–Trinajstić information content (AvgIpc) is 2.71. The van der Waals surface area contributed by atoms with E-state index in [4.69, 9.17) is 0 Å². The quantitative estimate of drug-likeness (QED) is 0.430. The summed E-state index contributed by atoms with van der Waals surface area (Å²) in [5, 5.41) is 21.4. The first-order valence-corrected chi connectivity index (χ1v) is 13.8. The molecular formula is C30H50O4.